The average Bonchev–Trinajstić information content (AvgIpc) is 2.20. The minimum absolute atomic E-state index is 0.0871. The molecule has 14 heavy (non-hydrogen) atoms. The summed E-state index contributed by atoms with van der Waals surface area (Å²) in [5.41, 5.74) is 3.56. The minimum Gasteiger partial charge on any atom is -0.277 e. The molecule has 1 amide bonds. The average molecular weight is 213 g/mol. The molecule has 0 aliphatic heterocycles. The van der Waals surface area contributed by atoms with E-state index in [0.29, 0.717) is 6.42 Å². The number of hydrogen-bond acceptors (Lipinski definition) is 2. The van der Waals surface area contributed by atoms with Crippen molar-refractivity contribution in [1.29, 1.82) is 0 Å². The van der Waals surface area contributed by atoms with Crippen LogP contribution in [0.15, 0.2) is 30.3 Å². The molecule has 0 saturated carbocycles. The third-order valence-electron chi connectivity index (χ3n) is 1.90. The zero-order valence-corrected chi connectivity index (χ0v) is 8.55. The predicted octanol–water partition coefficient (Wildman–Crippen LogP) is 1.78. The maximum absolute atomic E-state index is 11.0. The van der Waals surface area contributed by atoms with Gasteiger partial charge in [-0.05, 0) is 30.2 Å². The van der Waals surface area contributed by atoms with Gasteiger partial charge in [0, 0.05) is 6.42 Å². The molecule has 0 aliphatic rings. The van der Waals surface area contributed by atoms with E-state index in [9.17, 15) is 4.79 Å². The number of hydrogen-bond donors (Lipinski definition) is 2. The molecule has 0 aliphatic carbocycles. The van der Waals surface area contributed by atoms with Crippen molar-refractivity contribution >= 4 is 17.7 Å². The summed E-state index contributed by atoms with van der Waals surface area (Å²) in [4.78, 5) is 13.1. The zero-order chi connectivity index (χ0) is 10.2. The Morgan fingerprint density at radius 3 is 2.64 bits per heavy atom. The van der Waals surface area contributed by atoms with Crippen molar-refractivity contribution in [2.24, 2.45) is 0 Å². The summed E-state index contributed by atoms with van der Waals surface area (Å²) in [5.74, 6) is -0.0871. The second-order valence-electron chi connectivity index (χ2n) is 2.98. The summed E-state index contributed by atoms with van der Waals surface area (Å²) in [7, 11) is 0. The summed E-state index contributed by atoms with van der Waals surface area (Å²) in [6.45, 7) is 0. The molecule has 0 radical (unpaired) electrons. The lowest BCUT2D eigenvalue weighted by Gasteiger charge is -2.01. The molecule has 0 fully saturated rings. The molecule has 1 aromatic rings. The molecule has 1 aromatic carbocycles. The van der Waals surface area contributed by atoms with Crippen molar-refractivity contribution in [3.05, 3.63) is 35.9 Å². The quantitative estimate of drug-likeness (QED) is 0.577. The normalized spacial score (nSPS) is 9.79. The SMILES string of the molecule is O=C(CCCc1ccccc1)NNCl. The number of carbonyl (C=O) groups is 1. The molecule has 0 saturated heterocycles. The van der Waals surface area contributed by atoms with E-state index in [1.54, 1.807) is 0 Å². The van der Waals surface area contributed by atoms with E-state index in [0.717, 1.165) is 12.8 Å². The molecule has 0 aromatic heterocycles. The molecule has 4 heteroatoms. The lowest BCUT2D eigenvalue weighted by atomic mass is 10.1. The number of halogens is 1. The molecular formula is C10H13ClN2O. The van der Waals surface area contributed by atoms with Crippen LogP contribution in [0.1, 0.15) is 18.4 Å². The van der Waals surface area contributed by atoms with Crippen molar-refractivity contribution in [3.8, 4) is 0 Å². The number of hydrazine groups is 1. The van der Waals surface area contributed by atoms with Gasteiger partial charge in [-0.3, -0.25) is 10.2 Å². The van der Waals surface area contributed by atoms with Gasteiger partial charge in [-0.2, -0.15) is 0 Å². The highest BCUT2D eigenvalue weighted by molar-refractivity contribution is 6.13. The maximum Gasteiger partial charge on any atom is 0.235 e. The topological polar surface area (TPSA) is 41.1 Å². The smallest absolute Gasteiger partial charge is 0.235 e. The van der Waals surface area contributed by atoms with Crippen molar-refractivity contribution in [3.63, 3.8) is 0 Å². The van der Waals surface area contributed by atoms with Gasteiger partial charge in [0.15, 0.2) is 0 Å². The zero-order valence-electron chi connectivity index (χ0n) is 7.79. The fraction of sp³-hybridized carbons (Fsp3) is 0.300. The third kappa shape index (κ3) is 4.25. The summed E-state index contributed by atoms with van der Waals surface area (Å²) in [6, 6.07) is 10.1. The van der Waals surface area contributed by atoms with Gasteiger partial charge in [-0.1, -0.05) is 30.3 Å². The third-order valence-corrected chi connectivity index (χ3v) is 1.99. The van der Waals surface area contributed by atoms with Crippen LogP contribution in [0.5, 0.6) is 0 Å². The second-order valence-corrected chi connectivity index (χ2v) is 3.17. The van der Waals surface area contributed by atoms with Crippen LogP contribution in [0.4, 0.5) is 0 Å². The van der Waals surface area contributed by atoms with Crippen molar-refractivity contribution in [2.45, 2.75) is 19.3 Å². The first-order valence-electron chi connectivity index (χ1n) is 4.51. The van der Waals surface area contributed by atoms with E-state index in [2.05, 4.69) is 22.5 Å². The molecule has 76 valence electrons. The Kier molecular flexibility index (Phi) is 5.04. The van der Waals surface area contributed by atoms with Gasteiger partial charge in [-0.15, -0.1) is 4.94 Å². The Bertz CT molecular complexity index is 277. The van der Waals surface area contributed by atoms with Gasteiger partial charge in [0.25, 0.3) is 0 Å². The fourth-order valence-corrected chi connectivity index (χ4v) is 1.32. The number of benzene rings is 1. The highest BCUT2D eigenvalue weighted by atomic mass is 35.5. The summed E-state index contributed by atoms with van der Waals surface area (Å²) in [6.07, 6.45) is 2.22. The summed E-state index contributed by atoms with van der Waals surface area (Å²) >= 11 is 5.11. The molecule has 0 atom stereocenters. The van der Waals surface area contributed by atoms with Crippen molar-refractivity contribution < 1.29 is 4.79 Å². The van der Waals surface area contributed by atoms with Crippen LogP contribution in [0, 0.1) is 0 Å². The molecule has 0 bridgehead atoms. The monoisotopic (exact) mass is 212 g/mol. The first-order valence-corrected chi connectivity index (χ1v) is 4.89. The molecule has 1 rings (SSSR count). The Labute approximate surface area is 88.5 Å². The Morgan fingerprint density at radius 2 is 2.00 bits per heavy atom. The number of amides is 1. The van der Waals surface area contributed by atoms with Crippen LogP contribution in [0.25, 0.3) is 0 Å². The van der Waals surface area contributed by atoms with Crippen LogP contribution in [-0.4, -0.2) is 5.91 Å². The van der Waals surface area contributed by atoms with Gasteiger partial charge in [0.2, 0.25) is 5.91 Å². The Morgan fingerprint density at radius 1 is 1.29 bits per heavy atom. The Hall–Kier alpha value is -1.06. The molecule has 3 nitrogen and oxygen atoms in total. The van der Waals surface area contributed by atoms with E-state index < -0.39 is 0 Å². The van der Waals surface area contributed by atoms with Gasteiger partial charge >= 0.3 is 0 Å². The highest BCUT2D eigenvalue weighted by Crippen LogP contribution is 2.03. The lowest BCUT2D eigenvalue weighted by Crippen LogP contribution is -2.30. The molecule has 0 spiro atoms. The van der Waals surface area contributed by atoms with E-state index in [4.69, 9.17) is 11.8 Å². The van der Waals surface area contributed by atoms with Crippen LogP contribution < -0.4 is 10.4 Å². The van der Waals surface area contributed by atoms with E-state index in [1.807, 2.05) is 18.2 Å². The molecule has 0 heterocycles. The maximum atomic E-state index is 11.0. The molecule has 2 N–H and O–H groups in total. The van der Waals surface area contributed by atoms with Crippen molar-refractivity contribution in [2.75, 3.05) is 0 Å². The summed E-state index contributed by atoms with van der Waals surface area (Å²) < 4.78 is 0. The minimum atomic E-state index is -0.0871. The number of carbonyl (C=O) groups excluding carboxylic acids is 1. The van der Waals surface area contributed by atoms with Crippen LogP contribution in [0.2, 0.25) is 0 Å². The fourth-order valence-electron chi connectivity index (χ4n) is 1.21. The highest BCUT2D eigenvalue weighted by Gasteiger charge is 1.99. The Balaban J connectivity index is 2.19. The predicted molar refractivity (Wildman–Crippen MR) is 56.5 cm³/mol. The standard InChI is InChI=1S/C10H13ClN2O/c11-13-12-10(14)8-4-7-9-5-2-1-3-6-9/h1-3,5-6,13H,4,7-8H2,(H,12,14). The second kappa shape index (κ2) is 6.40. The van der Waals surface area contributed by atoms with Gasteiger partial charge in [-0.25, -0.2) is 0 Å². The lowest BCUT2D eigenvalue weighted by molar-refractivity contribution is -0.121. The first kappa shape index (κ1) is 11.0. The number of aryl methyl sites for hydroxylation is 1. The summed E-state index contributed by atoms with van der Waals surface area (Å²) in [5, 5.41) is 0. The van der Waals surface area contributed by atoms with E-state index in [1.165, 1.54) is 5.56 Å². The molecular weight excluding hydrogens is 200 g/mol. The van der Waals surface area contributed by atoms with Crippen molar-refractivity contribution in [1.82, 2.24) is 10.4 Å². The molecule has 0 unspecified atom stereocenters. The number of rotatable bonds is 5. The first-order chi connectivity index (χ1) is 6.83. The van der Waals surface area contributed by atoms with Gasteiger partial charge in [0.05, 0.1) is 0 Å². The largest absolute Gasteiger partial charge is 0.277 e. The van der Waals surface area contributed by atoms with E-state index >= 15 is 0 Å². The van der Waals surface area contributed by atoms with Crippen LogP contribution in [0.3, 0.4) is 0 Å². The van der Waals surface area contributed by atoms with E-state index in [-0.39, 0.29) is 5.91 Å². The van der Waals surface area contributed by atoms with Crippen LogP contribution >= 0.6 is 11.8 Å². The van der Waals surface area contributed by atoms with Crippen LogP contribution in [-0.2, 0) is 11.2 Å². The number of nitrogens with one attached hydrogen (secondary N) is 2. The van der Waals surface area contributed by atoms with Gasteiger partial charge in [0.1, 0.15) is 0 Å². The van der Waals surface area contributed by atoms with Gasteiger partial charge < -0.3 is 0 Å².